The minimum atomic E-state index is 0.659. The van der Waals surface area contributed by atoms with E-state index in [1.54, 1.807) is 31.6 Å². The van der Waals surface area contributed by atoms with Crippen molar-refractivity contribution in [1.29, 1.82) is 0 Å². The van der Waals surface area contributed by atoms with Crippen LogP contribution in [0.4, 0.5) is 0 Å². The van der Waals surface area contributed by atoms with Crippen molar-refractivity contribution < 1.29 is 4.74 Å². The Morgan fingerprint density at radius 2 is 2.07 bits per heavy atom. The Kier molecular flexibility index (Phi) is 2.40. The van der Waals surface area contributed by atoms with Crippen LogP contribution in [0.15, 0.2) is 36.7 Å². The van der Waals surface area contributed by atoms with Gasteiger partial charge in [-0.15, -0.1) is 0 Å². The van der Waals surface area contributed by atoms with Gasteiger partial charge in [0.15, 0.2) is 5.82 Å². The number of nitrogens with zero attached hydrogens (tertiary/aromatic N) is 2. The summed E-state index contributed by atoms with van der Waals surface area (Å²) in [6.45, 7) is 0. The van der Waals surface area contributed by atoms with Crippen LogP contribution in [0.5, 0.6) is 5.75 Å². The average molecular weight is 185 g/mol. The highest BCUT2D eigenvalue weighted by atomic mass is 16.5. The summed E-state index contributed by atoms with van der Waals surface area (Å²) >= 11 is 0. The fraction of sp³-hybridized carbons (Fsp3) is 0.0909. The van der Waals surface area contributed by atoms with Crippen LogP contribution in [-0.4, -0.2) is 17.1 Å². The van der Waals surface area contributed by atoms with Crippen LogP contribution in [0.3, 0.4) is 0 Å². The molecule has 1 aromatic carbocycles. The lowest BCUT2D eigenvalue weighted by atomic mass is 10.2. The molecule has 0 spiro atoms. The molecule has 0 atom stereocenters. The molecule has 1 heterocycles. The van der Waals surface area contributed by atoms with Crippen LogP contribution in [-0.2, 0) is 0 Å². The normalized spacial score (nSPS) is 9.79. The number of rotatable bonds is 2. The van der Waals surface area contributed by atoms with Gasteiger partial charge in [-0.05, 0) is 30.3 Å². The van der Waals surface area contributed by atoms with Crippen molar-refractivity contribution in [1.82, 2.24) is 9.97 Å². The molecule has 0 fully saturated rings. The quantitative estimate of drug-likeness (QED) is 0.717. The second-order valence-corrected chi connectivity index (χ2v) is 2.71. The van der Waals surface area contributed by atoms with Crippen molar-refractivity contribution in [3.63, 3.8) is 0 Å². The van der Waals surface area contributed by atoms with E-state index in [0.717, 1.165) is 11.3 Å². The predicted octanol–water partition coefficient (Wildman–Crippen LogP) is 1.95. The lowest BCUT2D eigenvalue weighted by molar-refractivity contribution is 0.415. The summed E-state index contributed by atoms with van der Waals surface area (Å²) in [7, 11) is 1.63. The van der Waals surface area contributed by atoms with Gasteiger partial charge in [0.25, 0.3) is 0 Å². The Hall–Kier alpha value is -1.90. The summed E-state index contributed by atoms with van der Waals surface area (Å²) in [5.41, 5.74) is 0.838. The van der Waals surface area contributed by atoms with Crippen LogP contribution in [0.2, 0.25) is 0 Å². The predicted molar refractivity (Wildman–Crippen MR) is 52.9 cm³/mol. The SMILES string of the molecule is COc1cc[c]c(-c2ncccn2)c1. The summed E-state index contributed by atoms with van der Waals surface area (Å²) in [6.07, 6.45) is 3.41. The van der Waals surface area contributed by atoms with E-state index in [-0.39, 0.29) is 0 Å². The standard InChI is InChI=1S/C11H9N2O/c1-14-10-5-2-4-9(8-10)11-12-6-3-7-13-11/h2-3,5-8H,1H3. The van der Waals surface area contributed by atoms with Gasteiger partial charge in [-0.25, -0.2) is 9.97 Å². The molecule has 0 aliphatic carbocycles. The van der Waals surface area contributed by atoms with Crippen molar-refractivity contribution >= 4 is 0 Å². The first-order valence-corrected chi connectivity index (χ1v) is 4.23. The molecule has 14 heavy (non-hydrogen) atoms. The van der Waals surface area contributed by atoms with Gasteiger partial charge in [0, 0.05) is 18.0 Å². The Morgan fingerprint density at radius 3 is 2.79 bits per heavy atom. The maximum atomic E-state index is 5.10. The summed E-state index contributed by atoms with van der Waals surface area (Å²) < 4.78 is 5.10. The molecule has 3 heteroatoms. The molecular formula is C11H9N2O. The van der Waals surface area contributed by atoms with E-state index < -0.39 is 0 Å². The molecule has 0 aliphatic heterocycles. The maximum Gasteiger partial charge on any atom is 0.159 e. The van der Waals surface area contributed by atoms with Crippen LogP contribution >= 0.6 is 0 Å². The Bertz CT molecular complexity index is 415. The molecule has 2 aromatic rings. The van der Waals surface area contributed by atoms with Crippen LogP contribution in [0.25, 0.3) is 11.4 Å². The van der Waals surface area contributed by atoms with E-state index in [9.17, 15) is 0 Å². The summed E-state index contributed by atoms with van der Waals surface area (Å²) in [6, 6.07) is 10.3. The van der Waals surface area contributed by atoms with Gasteiger partial charge in [0.05, 0.1) is 7.11 Å². The number of methoxy groups -OCH3 is 1. The molecule has 1 radical (unpaired) electrons. The van der Waals surface area contributed by atoms with Gasteiger partial charge in [-0.1, -0.05) is 0 Å². The lowest BCUT2D eigenvalue weighted by Crippen LogP contribution is -1.88. The molecule has 69 valence electrons. The number of benzene rings is 1. The fourth-order valence-corrected chi connectivity index (χ4v) is 1.14. The second kappa shape index (κ2) is 3.87. The molecule has 0 saturated heterocycles. The van der Waals surface area contributed by atoms with E-state index in [4.69, 9.17) is 4.74 Å². The summed E-state index contributed by atoms with van der Waals surface area (Å²) in [5.74, 6) is 1.44. The minimum Gasteiger partial charge on any atom is -0.497 e. The van der Waals surface area contributed by atoms with E-state index in [1.165, 1.54) is 0 Å². The molecule has 1 aromatic heterocycles. The zero-order valence-electron chi connectivity index (χ0n) is 7.77. The topological polar surface area (TPSA) is 35.0 Å². The second-order valence-electron chi connectivity index (χ2n) is 2.71. The lowest BCUT2D eigenvalue weighted by Gasteiger charge is -2.01. The minimum absolute atomic E-state index is 0.659. The van der Waals surface area contributed by atoms with Gasteiger partial charge in [-0.2, -0.15) is 0 Å². The molecule has 2 rings (SSSR count). The third kappa shape index (κ3) is 1.71. The first-order chi connectivity index (χ1) is 6.90. The molecule has 0 aliphatic rings. The monoisotopic (exact) mass is 185 g/mol. The molecular weight excluding hydrogens is 176 g/mol. The third-order valence-electron chi connectivity index (χ3n) is 1.82. The van der Waals surface area contributed by atoms with E-state index in [0.29, 0.717) is 5.82 Å². The van der Waals surface area contributed by atoms with E-state index in [1.807, 2.05) is 12.1 Å². The molecule has 0 amide bonds. The molecule has 3 nitrogen and oxygen atoms in total. The summed E-state index contributed by atoms with van der Waals surface area (Å²) in [5, 5.41) is 0. The third-order valence-corrected chi connectivity index (χ3v) is 1.82. The van der Waals surface area contributed by atoms with Gasteiger partial charge in [0.2, 0.25) is 0 Å². The fourth-order valence-electron chi connectivity index (χ4n) is 1.14. The average Bonchev–Trinajstić information content (AvgIpc) is 2.30. The number of aromatic nitrogens is 2. The molecule has 0 saturated carbocycles. The van der Waals surface area contributed by atoms with Gasteiger partial charge < -0.3 is 4.74 Å². The van der Waals surface area contributed by atoms with Gasteiger partial charge in [0.1, 0.15) is 5.75 Å². The summed E-state index contributed by atoms with van der Waals surface area (Å²) in [4.78, 5) is 8.25. The van der Waals surface area contributed by atoms with Gasteiger partial charge >= 0.3 is 0 Å². The Morgan fingerprint density at radius 1 is 1.29 bits per heavy atom. The van der Waals surface area contributed by atoms with Gasteiger partial charge in [-0.3, -0.25) is 0 Å². The molecule has 0 N–H and O–H groups in total. The highest BCUT2D eigenvalue weighted by molar-refractivity contribution is 5.56. The van der Waals surface area contributed by atoms with Crippen molar-refractivity contribution in [2.75, 3.05) is 7.11 Å². The highest BCUT2D eigenvalue weighted by Crippen LogP contribution is 2.19. The van der Waals surface area contributed by atoms with Crippen molar-refractivity contribution in [3.8, 4) is 17.1 Å². The maximum absolute atomic E-state index is 5.10. The smallest absolute Gasteiger partial charge is 0.159 e. The first-order valence-electron chi connectivity index (χ1n) is 4.23. The van der Waals surface area contributed by atoms with Crippen LogP contribution in [0.1, 0.15) is 0 Å². The van der Waals surface area contributed by atoms with Crippen LogP contribution in [0, 0.1) is 6.07 Å². The Balaban J connectivity index is 2.42. The van der Waals surface area contributed by atoms with E-state index in [2.05, 4.69) is 16.0 Å². The molecule has 0 bridgehead atoms. The largest absolute Gasteiger partial charge is 0.497 e. The number of ether oxygens (including phenoxy) is 1. The Labute approximate surface area is 82.4 Å². The number of hydrogen-bond donors (Lipinski definition) is 0. The zero-order valence-corrected chi connectivity index (χ0v) is 7.77. The van der Waals surface area contributed by atoms with Crippen molar-refractivity contribution in [2.24, 2.45) is 0 Å². The zero-order chi connectivity index (χ0) is 9.80. The van der Waals surface area contributed by atoms with Crippen molar-refractivity contribution in [3.05, 3.63) is 42.7 Å². The highest BCUT2D eigenvalue weighted by Gasteiger charge is 2.00. The van der Waals surface area contributed by atoms with Crippen LogP contribution < -0.4 is 4.74 Å². The molecule has 0 unspecified atom stereocenters. The first kappa shape index (κ1) is 8.69. The van der Waals surface area contributed by atoms with E-state index >= 15 is 0 Å². The number of hydrogen-bond acceptors (Lipinski definition) is 3. The van der Waals surface area contributed by atoms with Crippen molar-refractivity contribution in [2.45, 2.75) is 0 Å².